The molecule has 0 aliphatic carbocycles. The van der Waals surface area contributed by atoms with Crippen LogP contribution in [-0.2, 0) is 30.7 Å². The minimum absolute atomic E-state index is 0.136. The van der Waals surface area contributed by atoms with Gasteiger partial charge in [-0.25, -0.2) is 0 Å². The van der Waals surface area contributed by atoms with Crippen LogP contribution >= 0.6 is 0 Å². The third-order valence-electron chi connectivity index (χ3n) is 4.74. The van der Waals surface area contributed by atoms with Crippen molar-refractivity contribution in [1.82, 2.24) is 0 Å². The van der Waals surface area contributed by atoms with Gasteiger partial charge in [0.25, 0.3) is 0 Å². The lowest BCUT2D eigenvalue weighted by Gasteiger charge is -2.39. The third kappa shape index (κ3) is 6.31. The van der Waals surface area contributed by atoms with E-state index in [1.54, 1.807) is 42.7 Å². The van der Waals surface area contributed by atoms with Crippen LogP contribution in [0, 0.1) is 0 Å². The van der Waals surface area contributed by atoms with Gasteiger partial charge in [0.15, 0.2) is 8.32 Å². The van der Waals surface area contributed by atoms with Gasteiger partial charge < -0.3 is 30.7 Å². The van der Waals surface area contributed by atoms with E-state index in [4.69, 9.17) is 30.7 Å². The molecule has 0 aromatic carbocycles. The van der Waals surface area contributed by atoms with E-state index in [1.165, 1.54) is 0 Å². The molecule has 0 rings (SSSR count). The molecule has 0 spiro atoms. The van der Waals surface area contributed by atoms with E-state index < -0.39 is 25.9 Å². The second kappa shape index (κ2) is 11.4. The maximum atomic E-state index is 6.31. The van der Waals surface area contributed by atoms with Crippen molar-refractivity contribution < 1.29 is 30.7 Å². The van der Waals surface area contributed by atoms with Crippen LogP contribution in [0.25, 0.3) is 0 Å². The van der Waals surface area contributed by atoms with E-state index in [1.807, 2.05) is 0 Å². The van der Waals surface area contributed by atoms with Gasteiger partial charge in [-0.05, 0) is 25.2 Å². The highest BCUT2D eigenvalue weighted by molar-refractivity contribution is 6.80. The summed E-state index contributed by atoms with van der Waals surface area (Å²) in [7, 11) is 2.83. The van der Waals surface area contributed by atoms with E-state index in [9.17, 15) is 0 Å². The SMILES string of the molecule is CO[Si](OC)(OC)C(C)C[Si](C)(CC(C)[Si](OC)(OC)OC)O[Si]C. The molecule has 0 heterocycles. The van der Waals surface area contributed by atoms with Crippen LogP contribution in [0.3, 0.4) is 0 Å². The summed E-state index contributed by atoms with van der Waals surface area (Å²) < 4.78 is 40.2. The zero-order valence-corrected chi connectivity index (χ0v) is 21.4. The Balaban J connectivity index is 5.41. The van der Waals surface area contributed by atoms with Crippen LogP contribution < -0.4 is 0 Å². The van der Waals surface area contributed by atoms with Crippen LogP contribution in [0.4, 0.5) is 0 Å². The predicted molar refractivity (Wildman–Crippen MR) is 106 cm³/mol. The number of rotatable bonds is 14. The minimum atomic E-state index is -2.71. The van der Waals surface area contributed by atoms with E-state index in [2.05, 4.69) is 26.9 Å². The molecule has 0 amide bonds. The van der Waals surface area contributed by atoms with Crippen molar-refractivity contribution in [3.8, 4) is 0 Å². The minimum Gasteiger partial charge on any atom is -0.456 e. The Labute approximate surface area is 159 Å². The molecule has 0 aromatic heterocycles. The Morgan fingerprint density at radius 3 is 1.16 bits per heavy atom. The van der Waals surface area contributed by atoms with Gasteiger partial charge in [-0.15, -0.1) is 0 Å². The smallest absolute Gasteiger partial charge is 0.456 e. The Kier molecular flexibility index (Phi) is 11.7. The van der Waals surface area contributed by atoms with E-state index in [0.29, 0.717) is 9.76 Å². The summed E-state index contributed by atoms with van der Waals surface area (Å²) in [5.74, 6) is 0. The van der Waals surface area contributed by atoms with Crippen LogP contribution in [0.2, 0.25) is 36.3 Å². The number of hydrogen-bond acceptors (Lipinski definition) is 7. The highest BCUT2D eigenvalue weighted by atomic mass is 28.4. The predicted octanol–water partition coefficient (Wildman–Crippen LogP) is 2.78. The van der Waals surface area contributed by atoms with E-state index in [0.717, 1.165) is 12.1 Å². The molecule has 0 bridgehead atoms. The fourth-order valence-electron chi connectivity index (χ4n) is 3.67. The molecular weight excluding hydrogens is 392 g/mol. The van der Waals surface area contributed by atoms with Crippen LogP contribution in [0.5, 0.6) is 0 Å². The first-order chi connectivity index (χ1) is 11.7. The van der Waals surface area contributed by atoms with Gasteiger partial charge in [0.1, 0.15) is 0 Å². The average Bonchev–Trinajstić information content (AvgIpc) is 2.59. The van der Waals surface area contributed by atoms with Crippen LogP contribution in [0.15, 0.2) is 0 Å². The van der Waals surface area contributed by atoms with Crippen molar-refractivity contribution in [2.75, 3.05) is 42.7 Å². The summed E-state index contributed by atoms with van der Waals surface area (Å²) in [6, 6.07) is 1.75. The van der Waals surface area contributed by atoms with Crippen molar-refractivity contribution in [1.29, 1.82) is 0 Å². The van der Waals surface area contributed by atoms with E-state index >= 15 is 0 Å². The van der Waals surface area contributed by atoms with Crippen molar-refractivity contribution >= 4 is 35.7 Å². The second-order valence-electron chi connectivity index (χ2n) is 6.40. The summed E-state index contributed by atoms with van der Waals surface area (Å²) >= 11 is 0. The van der Waals surface area contributed by atoms with Crippen molar-refractivity contribution in [2.45, 2.75) is 50.1 Å². The Morgan fingerprint density at radius 1 is 0.680 bits per heavy atom. The first-order valence-electron chi connectivity index (χ1n) is 8.34. The van der Waals surface area contributed by atoms with Crippen molar-refractivity contribution in [2.24, 2.45) is 0 Å². The Bertz CT molecular complexity index is 323. The maximum Gasteiger partial charge on any atom is 0.502 e. The molecule has 25 heavy (non-hydrogen) atoms. The highest BCUT2D eigenvalue weighted by Crippen LogP contribution is 2.39. The Morgan fingerprint density at radius 2 is 0.960 bits per heavy atom. The zero-order valence-electron chi connectivity index (χ0n) is 17.4. The first-order valence-corrected chi connectivity index (χ1v) is 16.2. The van der Waals surface area contributed by atoms with Crippen LogP contribution in [-0.4, -0.2) is 78.3 Å². The van der Waals surface area contributed by atoms with E-state index in [-0.39, 0.29) is 11.1 Å². The van der Waals surface area contributed by atoms with Gasteiger partial charge in [0.05, 0.1) is 0 Å². The van der Waals surface area contributed by atoms with Gasteiger partial charge >= 0.3 is 17.6 Å². The largest absolute Gasteiger partial charge is 0.502 e. The fourth-order valence-corrected chi connectivity index (χ4v) is 17.1. The molecule has 0 saturated heterocycles. The molecule has 7 nitrogen and oxygen atoms in total. The van der Waals surface area contributed by atoms with Gasteiger partial charge in [0, 0.05) is 53.7 Å². The van der Waals surface area contributed by atoms with Gasteiger partial charge in [0.2, 0.25) is 9.76 Å². The van der Waals surface area contributed by atoms with Gasteiger partial charge in [-0.1, -0.05) is 13.8 Å². The molecule has 0 aromatic rings. The average molecular weight is 429 g/mol. The molecule has 11 heteroatoms. The highest BCUT2D eigenvalue weighted by Gasteiger charge is 2.52. The summed E-state index contributed by atoms with van der Waals surface area (Å²) in [5, 5.41) is 0. The quantitative estimate of drug-likeness (QED) is 0.394. The van der Waals surface area contributed by atoms with Gasteiger partial charge in [-0.3, -0.25) is 0 Å². The Hall–Kier alpha value is 0.588. The van der Waals surface area contributed by atoms with Crippen molar-refractivity contribution in [3.05, 3.63) is 0 Å². The lowest BCUT2D eigenvalue weighted by molar-refractivity contribution is 0.113. The standard InChI is InChI=1S/C14H36O7Si4/c1-13(24(15-3,16-4)17-5)11-23(10,21-22-9)12-14(2)25(18-6,19-7)20-8/h13-14H,11-12H2,1-10H3. The zero-order chi connectivity index (χ0) is 19.7. The fraction of sp³-hybridized carbons (Fsp3) is 1.00. The first kappa shape index (κ1) is 25.6. The monoisotopic (exact) mass is 428 g/mol. The topological polar surface area (TPSA) is 64.6 Å². The lowest BCUT2D eigenvalue weighted by atomic mass is 10.5. The van der Waals surface area contributed by atoms with Gasteiger partial charge in [-0.2, -0.15) is 0 Å². The molecule has 0 aliphatic heterocycles. The molecule has 0 saturated carbocycles. The maximum absolute atomic E-state index is 6.31. The van der Waals surface area contributed by atoms with Crippen molar-refractivity contribution in [3.63, 3.8) is 0 Å². The molecule has 0 aliphatic rings. The molecule has 2 radical (unpaired) electrons. The lowest BCUT2D eigenvalue weighted by Crippen LogP contribution is -2.53. The number of hydrogen-bond donors (Lipinski definition) is 0. The summed E-state index contributed by atoms with van der Waals surface area (Å²) in [6.07, 6.45) is 0. The summed E-state index contributed by atoms with van der Waals surface area (Å²) in [4.78, 5) is 0. The molecule has 150 valence electrons. The second-order valence-corrected chi connectivity index (χ2v) is 18.2. The van der Waals surface area contributed by atoms with Crippen LogP contribution in [0.1, 0.15) is 13.8 Å². The molecule has 0 N–H and O–H groups in total. The summed E-state index contributed by atoms with van der Waals surface area (Å²) in [6.45, 7) is 8.54. The molecule has 2 atom stereocenters. The molecular formula is C14H36O7Si4. The molecule has 0 fully saturated rings. The summed E-state index contributed by atoms with van der Waals surface area (Å²) in [5.41, 5.74) is 0.271. The molecule has 2 unspecified atom stereocenters. The normalized spacial score (nSPS) is 18.0. The third-order valence-corrected chi connectivity index (χ3v) is 17.5.